The number of aromatic nitrogens is 1. The van der Waals surface area contributed by atoms with Crippen LogP contribution in [0.1, 0.15) is 10.7 Å². The van der Waals surface area contributed by atoms with Crippen LogP contribution in [0.5, 0.6) is 0 Å². The Morgan fingerprint density at radius 1 is 1.70 bits per heavy atom. The van der Waals surface area contributed by atoms with Crippen LogP contribution in [0.4, 0.5) is 0 Å². The number of rotatable bonds is 1. The Balaban J connectivity index is 2.96. The molecule has 1 aromatic rings. The van der Waals surface area contributed by atoms with Crippen molar-refractivity contribution in [1.29, 1.82) is 0 Å². The van der Waals surface area contributed by atoms with Crippen LogP contribution in [0.15, 0.2) is 5.38 Å². The first-order chi connectivity index (χ1) is 4.50. The molecule has 0 aromatic carbocycles. The standard InChI is InChI=1S/C5H8N2O2S/c1-3-7-4(2-10-3)5(6,8)9/h2,8-9H,6H2,1H3. The molecule has 56 valence electrons. The Morgan fingerprint density at radius 3 is 2.50 bits per heavy atom. The monoisotopic (exact) mass is 160 g/mol. The molecule has 0 amide bonds. The van der Waals surface area contributed by atoms with Crippen molar-refractivity contribution in [3.63, 3.8) is 0 Å². The summed E-state index contributed by atoms with van der Waals surface area (Å²) in [6.07, 6.45) is 0. The Hall–Kier alpha value is -0.490. The van der Waals surface area contributed by atoms with E-state index in [2.05, 4.69) is 4.98 Å². The second kappa shape index (κ2) is 2.28. The Kier molecular flexibility index (Phi) is 1.74. The Labute approximate surface area is 61.9 Å². The zero-order valence-electron chi connectivity index (χ0n) is 5.40. The van der Waals surface area contributed by atoms with Gasteiger partial charge in [-0.05, 0) is 6.92 Å². The number of nitrogens with two attached hydrogens (primary N) is 1. The lowest BCUT2D eigenvalue weighted by atomic mass is 10.4. The summed E-state index contributed by atoms with van der Waals surface area (Å²) in [6, 6.07) is 0. The fourth-order valence-corrected chi connectivity index (χ4v) is 1.19. The smallest absolute Gasteiger partial charge is 0.266 e. The molecular weight excluding hydrogens is 152 g/mol. The van der Waals surface area contributed by atoms with Gasteiger partial charge in [-0.3, -0.25) is 5.73 Å². The van der Waals surface area contributed by atoms with Gasteiger partial charge < -0.3 is 10.2 Å². The third-order valence-electron chi connectivity index (χ3n) is 0.996. The number of nitrogens with zero attached hydrogens (tertiary/aromatic N) is 1. The van der Waals surface area contributed by atoms with E-state index in [9.17, 15) is 0 Å². The third-order valence-corrected chi connectivity index (χ3v) is 1.77. The highest BCUT2D eigenvalue weighted by atomic mass is 32.1. The van der Waals surface area contributed by atoms with Crippen LogP contribution in [0.25, 0.3) is 0 Å². The molecule has 4 N–H and O–H groups in total. The molecule has 0 fully saturated rings. The molecule has 4 nitrogen and oxygen atoms in total. The van der Waals surface area contributed by atoms with Crippen molar-refractivity contribution >= 4 is 11.3 Å². The van der Waals surface area contributed by atoms with Crippen LogP contribution in [-0.4, -0.2) is 15.2 Å². The lowest BCUT2D eigenvalue weighted by molar-refractivity contribution is -0.166. The summed E-state index contributed by atoms with van der Waals surface area (Å²) in [7, 11) is 0. The quantitative estimate of drug-likeness (QED) is 0.484. The van der Waals surface area contributed by atoms with E-state index in [1.165, 1.54) is 16.7 Å². The number of hydrogen-bond acceptors (Lipinski definition) is 5. The first kappa shape index (κ1) is 7.62. The van der Waals surface area contributed by atoms with Crippen molar-refractivity contribution in [2.45, 2.75) is 12.8 Å². The molecule has 0 aliphatic rings. The van der Waals surface area contributed by atoms with E-state index in [0.29, 0.717) is 0 Å². The van der Waals surface area contributed by atoms with Gasteiger partial charge in [-0.2, -0.15) is 0 Å². The normalized spacial score (nSPS) is 12.0. The van der Waals surface area contributed by atoms with Crippen molar-refractivity contribution < 1.29 is 10.2 Å². The van der Waals surface area contributed by atoms with Gasteiger partial charge in [0.1, 0.15) is 5.69 Å². The van der Waals surface area contributed by atoms with Gasteiger partial charge >= 0.3 is 0 Å². The van der Waals surface area contributed by atoms with Crippen molar-refractivity contribution in [1.82, 2.24) is 4.98 Å². The first-order valence-corrected chi connectivity index (χ1v) is 3.54. The molecule has 5 heteroatoms. The van der Waals surface area contributed by atoms with E-state index in [4.69, 9.17) is 15.9 Å². The molecule has 0 radical (unpaired) electrons. The molecule has 10 heavy (non-hydrogen) atoms. The van der Waals surface area contributed by atoms with E-state index >= 15 is 0 Å². The fraction of sp³-hybridized carbons (Fsp3) is 0.400. The highest BCUT2D eigenvalue weighted by Gasteiger charge is 2.21. The average Bonchev–Trinajstić information content (AvgIpc) is 2.11. The molecule has 0 aliphatic carbocycles. The predicted molar refractivity (Wildman–Crippen MR) is 37.2 cm³/mol. The number of aryl methyl sites for hydroxylation is 1. The van der Waals surface area contributed by atoms with Crippen LogP contribution in [0, 0.1) is 6.92 Å². The summed E-state index contributed by atoms with van der Waals surface area (Å²) in [4.78, 5) is 3.78. The minimum atomic E-state index is -2.29. The average molecular weight is 160 g/mol. The Bertz CT molecular complexity index is 228. The molecule has 0 spiro atoms. The molecule has 0 saturated heterocycles. The Morgan fingerprint density at radius 2 is 2.30 bits per heavy atom. The van der Waals surface area contributed by atoms with Gasteiger partial charge in [0.05, 0.1) is 5.01 Å². The molecule has 0 aliphatic heterocycles. The SMILES string of the molecule is Cc1nc(C(N)(O)O)cs1. The molecule has 1 aromatic heterocycles. The van der Waals surface area contributed by atoms with Gasteiger partial charge in [-0.15, -0.1) is 11.3 Å². The predicted octanol–water partition coefficient (Wildman–Crippen LogP) is -0.495. The largest absolute Gasteiger partial charge is 0.349 e. The van der Waals surface area contributed by atoms with Gasteiger partial charge in [0.25, 0.3) is 5.91 Å². The minimum Gasteiger partial charge on any atom is -0.349 e. The van der Waals surface area contributed by atoms with E-state index in [-0.39, 0.29) is 5.69 Å². The van der Waals surface area contributed by atoms with Crippen LogP contribution in [0.3, 0.4) is 0 Å². The van der Waals surface area contributed by atoms with Crippen LogP contribution in [-0.2, 0) is 5.91 Å². The first-order valence-electron chi connectivity index (χ1n) is 2.66. The van der Waals surface area contributed by atoms with E-state index in [0.717, 1.165) is 5.01 Å². The topological polar surface area (TPSA) is 79.4 Å². The molecule has 1 heterocycles. The third kappa shape index (κ3) is 1.51. The van der Waals surface area contributed by atoms with Crippen molar-refractivity contribution in [2.24, 2.45) is 5.73 Å². The van der Waals surface area contributed by atoms with Crippen molar-refractivity contribution in [2.75, 3.05) is 0 Å². The van der Waals surface area contributed by atoms with Crippen LogP contribution in [0.2, 0.25) is 0 Å². The van der Waals surface area contributed by atoms with Gasteiger partial charge in [0, 0.05) is 5.38 Å². The summed E-state index contributed by atoms with van der Waals surface area (Å²) in [5, 5.41) is 19.8. The molecule has 0 atom stereocenters. The molecule has 1 rings (SSSR count). The highest BCUT2D eigenvalue weighted by Crippen LogP contribution is 2.14. The molecule has 0 unspecified atom stereocenters. The van der Waals surface area contributed by atoms with Gasteiger partial charge in [-0.25, -0.2) is 4.98 Å². The van der Waals surface area contributed by atoms with Crippen molar-refractivity contribution in [3.8, 4) is 0 Å². The lowest BCUT2D eigenvalue weighted by Crippen LogP contribution is -2.36. The van der Waals surface area contributed by atoms with E-state index < -0.39 is 5.91 Å². The summed E-state index contributed by atoms with van der Waals surface area (Å²) < 4.78 is 0. The van der Waals surface area contributed by atoms with Gasteiger partial charge in [-0.1, -0.05) is 0 Å². The summed E-state index contributed by atoms with van der Waals surface area (Å²) >= 11 is 1.32. The number of aliphatic hydroxyl groups is 2. The maximum absolute atomic E-state index is 8.78. The second-order valence-corrected chi connectivity index (χ2v) is 3.04. The highest BCUT2D eigenvalue weighted by molar-refractivity contribution is 7.09. The van der Waals surface area contributed by atoms with Crippen molar-refractivity contribution in [3.05, 3.63) is 16.1 Å². The maximum Gasteiger partial charge on any atom is 0.266 e. The van der Waals surface area contributed by atoms with Crippen LogP contribution < -0.4 is 5.73 Å². The molecule has 0 bridgehead atoms. The molecule has 0 saturated carbocycles. The van der Waals surface area contributed by atoms with Gasteiger partial charge in [0.15, 0.2) is 0 Å². The zero-order valence-corrected chi connectivity index (χ0v) is 6.22. The maximum atomic E-state index is 8.78. The van der Waals surface area contributed by atoms with Gasteiger partial charge in [0.2, 0.25) is 0 Å². The fourth-order valence-electron chi connectivity index (χ4n) is 0.532. The summed E-state index contributed by atoms with van der Waals surface area (Å²) in [6.45, 7) is 1.76. The number of thiazole rings is 1. The molecular formula is C5H8N2O2S. The minimum absolute atomic E-state index is 0.0926. The summed E-state index contributed by atoms with van der Waals surface area (Å²) in [5.74, 6) is -2.29. The summed E-state index contributed by atoms with van der Waals surface area (Å²) in [5.41, 5.74) is 5.02. The van der Waals surface area contributed by atoms with E-state index in [1.54, 1.807) is 6.92 Å². The number of hydrogen-bond donors (Lipinski definition) is 3. The van der Waals surface area contributed by atoms with Crippen LogP contribution >= 0.6 is 11.3 Å². The second-order valence-electron chi connectivity index (χ2n) is 1.98. The van der Waals surface area contributed by atoms with E-state index in [1.807, 2.05) is 0 Å². The zero-order chi connectivity index (χ0) is 7.78. The lowest BCUT2D eigenvalue weighted by Gasteiger charge is -2.10.